The van der Waals surface area contributed by atoms with Crippen LogP contribution < -0.4 is 0 Å². The van der Waals surface area contributed by atoms with Crippen molar-refractivity contribution in [1.29, 1.82) is 0 Å². The zero-order chi connectivity index (χ0) is 23.2. The Morgan fingerprint density at radius 2 is 1.30 bits per heavy atom. The molecule has 0 aromatic rings. The van der Waals surface area contributed by atoms with E-state index in [1.807, 2.05) is 0 Å². The second kappa shape index (κ2) is 10.3. The van der Waals surface area contributed by atoms with Crippen LogP contribution in [0.3, 0.4) is 0 Å². The summed E-state index contributed by atoms with van der Waals surface area (Å²) in [5.41, 5.74) is -0.857. The van der Waals surface area contributed by atoms with E-state index in [0.717, 1.165) is 25.7 Å². The molecule has 170 valence electrons. The standard InChI is InChI=1S/C19H29NO10/c1-10(21)26-9-14-16(28-12(3)23)17(29-13(4)24)15(27-11(2)22)8-20(14)18(25)30-19(5,6)7/h14-17H,8-9H2,1-7H3/t14-,15+,16-,17-/m1/s1. The average molecular weight is 431 g/mol. The third-order valence-electron chi connectivity index (χ3n) is 3.85. The predicted octanol–water partition coefficient (Wildman–Crippen LogP) is 0.964. The minimum Gasteiger partial charge on any atom is -0.464 e. The molecule has 4 atom stereocenters. The molecule has 0 aromatic heterocycles. The quantitative estimate of drug-likeness (QED) is 0.457. The topological polar surface area (TPSA) is 135 Å². The van der Waals surface area contributed by atoms with E-state index in [4.69, 9.17) is 23.7 Å². The lowest BCUT2D eigenvalue weighted by Gasteiger charge is -2.46. The monoisotopic (exact) mass is 431 g/mol. The number of rotatable bonds is 5. The highest BCUT2D eigenvalue weighted by Crippen LogP contribution is 2.28. The Kier molecular flexibility index (Phi) is 8.61. The van der Waals surface area contributed by atoms with Crippen molar-refractivity contribution in [3.63, 3.8) is 0 Å². The van der Waals surface area contributed by atoms with Crippen LogP contribution in [0.5, 0.6) is 0 Å². The van der Waals surface area contributed by atoms with Crippen molar-refractivity contribution in [2.45, 2.75) is 78.4 Å². The van der Waals surface area contributed by atoms with Gasteiger partial charge >= 0.3 is 30.0 Å². The number of ether oxygens (including phenoxy) is 5. The predicted molar refractivity (Wildman–Crippen MR) is 100 cm³/mol. The fourth-order valence-corrected chi connectivity index (χ4v) is 2.95. The third kappa shape index (κ3) is 7.88. The molecule has 1 heterocycles. The van der Waals surface area contributed by atoms with E-state index in [1.54, 1.807) is 20.8 Å². The smallest absolute Gasteiger partial charge is 0.410 e. The molecular weight excluding hydrogens is 402 g/mol. The summed E-state index contributed by atoms with van der Waals surface area (Å²) in [5, 5.41) is 0. The highest BCUT2D eigenvalue weighted by molar-refractivity contribution is 5.71. The summed E-state index contributed by atoms with van der Waals surface area (Å²) in [6.45, 7) is 8.95. The Morgan fingerprint density at radius 1 is 0.800 bits per heavy atom. The lowest BCUT2D eigenvalue weighted by molar-refractivity contribution is -0.205. The molecule has 1 fully saturated rings. The number of nitrogens with zero attached hydrogens (tertiary/aromatic N) is 1. The first-order valence-corrected chi connectivity index (χ1v) is 9.36. The van der Waals surface area contributed by atoms with Gasteiger partial charge < -0.3 is 23.7 Å². The van der Waals surface area contributed by atoms with Gasteiger partial charge in [0.25, 0.3) is 0 Å². The highest BCUT2D eigenvalue weighted by Gasteiger charge is 2.52. The van der Waals surface area contributed by atoms with Gasteiger partial charge in [0.2, 0.25) is 0 Å². The van der Waals surface area contributed by atoms with Crippen LogP contribution in [0.25, 0.3) is 0 Å². The molecule has 0 aromatic carbocycles. The molecule has 0 saturated carbocycles. The van der Waals surface area contributed by atoms with E-state index >= 15 is 0 Å². The number of carbonyl (C=O) groups excluding carboxylic acids is 5. The molecule has 1 aliphatic heterocycles. The van der Waals surface area contributed by atoms with Crippen molar-refractivity contribution in [1.82, 2.24) is 4.90 Å². The number of carbonyl (C=O) groups is 5. The normalized spacial score (nSPS) is 23.8. The Bertz CT molecular complexity index is 683. The van der Waals surface area contributed by atoms with Gasteiger partial charge in [-0.05, 0) is 20.8 Å². The van der Waals surface area contributed by atoms with Crippen LogP contribution in [0.15, 0.2) is 0 Å². The fourth-order valence-electron chi connectivity index (χ4n) is 2.95. The minimum absolute atomic E-state index is 0.240. The van der Waals surface area contributed by atoms with Crippen LogP contribution in [-0.2, 0) is 42.9 Å². The van der Waals surface area contributed by atoms with Gasteiger partial charge in [-0.25, -0.2) is 4.79 Å². The molecule has 0 radical (unpaired) electrons. The molecule has 0 unspecified atom stereocenters. The second-order valence-corrected chi connectivity index (χ2v) is 7.80. The van der Waals surface area contributed by atoms with Gasteiger partial charge in [-0.1, -0.05) is 0 Å². The Morgan fingerprint density at radius 3 is 1.73 bits per heavy atom. The van der Waals surface area contributed by atoms with E-state index in [2.05, 4.69) is 0 Å². The average Bonchev–Trinajstić information content (AvgIpc) is 2.53. The maximum absolute atomic E-state index is 12.8. The summed E-state index contributed by atoms with van der Waals surface area (Å²) in [6.07, 6.45) is -4.46. The first-order valence-electron chi connectivity index (χ1n) is 9.36. The summed E-state index contributed by atoms with van der Waals surface area (Å²) in [6, 6.07) is -1.05. The number of likely N-dealkylation sites (tertiary alicyclic amines) is 1. The van der Waals surface area contributed by atoms with Crippen molar-refractivity contribution in [3.05, 3.63) is 0 Å². The summed E-state index contributed by atoms with van der Waals surface area (Å²) >= 11 is 0. The van der Waals surface area contributed by atoms with Crippen LogP contribution in [0.1, 0.15) is 48.5 Å². The van der Waals surface area contributed by atoms with Crippen LogP contribution in [0.2, 0.25) is 0 Å². The van der Waals surface area contributed by atoms with Gasteiger partial charge in [0.15, 0.2) is 18.3 Å². The van der Waals surface area contributed by atoms with Crippen LogP contribution >= 0.6 is 0 Å². The van der Waals surface area contributed by atoms with Crippen molar-refractivity contribution < 1.29 is 47.7 Å². The molecule has 1 saturated heterocycles. The number of amides is 1. The molecule has 1 rings (SSSR count). The van der Waals surface area contributed by atoms with E-state index < -0.39 is 59.9 Å². The summed E-state index contributed by atoms with van der Waals surface area (Å²) in [7, 11) is 0. The van der Waals surface area contributed by atoms with Crippen molar-refractivity contribution in [3.8, 4) is 0 Å². The molecule has 0 N–H and O–H groups in total. The summed E-state index contributed by atoms with van der Waals surface area (Å²) in [5.74, 6) is -2.78. The third-order valence-corrected chi connectivity index (χ3v) is 3.85. The van der Waals surface area contributed by atoms with Crippen molar-refractivity contribution >= 4 is 30.0 Å². The van der Waals surface area contributed by atoms with E-state index in [0.29, 0.717) is 0 Å². The van der Waals surface area contributed by atoms with Gasteiger partial charge in [0.05, 0.1) is 6.54 Å². The van der Waals surface area contributed by atoms with Crippen LogP contribution in [0, 0.1) is 0 Å². The zero-order valence-corrected chi connectivity index (χ0v) is 18.3. The molecule has 30 heavy (non-hydrogen) atoms. The van der Waals surface area contributed by atoms with Crippen LogP contribution in [-0.4, -0.2) is 78.0 Å². The van der Waals surface area contributed by atoms with Gasteiger partial charge in [-0.15, -0.1) is 0 Å². The number of hydrogen-bond acceptors (Lipinski definition) is 10. The molecule has 11 heteroatoms. The first-order chi connectivity index (χ1) is 13.7. The lowest BCUT2D eigenvalue weighted by atomic mass is 9.93. The molecule has 1 aliphatic rings. The summed E-state index contributed by atoms with van der Waals surface area (Å²) in [4.78, 5) is 60.3. The largest absolute Gasteiger partial charge is 0.464 e. The number of esters is 4. The number of piperidine rings is 1. The van der Waals surface area contributed by atoms with Gasteiger partial charge in [-0.3, -0.25) is 24.1 Å². The molecule has 0 aliphatic carbocycles. The maximum atomic E-state index is 12.8. The first kappa shape index (κ1) is 25.2. The fraction of sp³-hybridized carbons (Fsp3) is 0.737. The minimum atomic E-state index is -1.28. The SMILES string of the molecule is CC(=O)OC[C@@H]1[C@@H](OC(C)=O)[C@H](OC(C)=O)[C@@H](OC(C)=O)CN1C(=O)OC(C)(C)C. The van der Waals surface area contributed by atoms with E-state index in [1.165, 1.54) is 6.92 Å². The molecule has 0 spiro atoms. The van der Waals surface area contributed by atoms with Crippen LogP contribution in [0.4, 0.5) is 4.79 Å². The Hall–Kier alpha value is -2.85. The molecule has 1 amide bonds. The van der Waals surface area contributed by atoms with E-state index in [-0.39, 0.29) is 13.2 Å². The van der Waals surface area contributed by atoms with Crippen molar-refractivity contribution in [2.24, 2.45) is 0 Å². The van der Waals surface area contributed by atoms with Crippen molar-refractivity contribution in [2.75, 3.05) is 13.2 Å². The lowest BCUT2D eigenvalue weighted by Crippen LogP contribution is -2.67. The molecule has 11 nitrogen and oxygen atoms in total. The molecule has 0 bridgehead atoms. The second-order valence-electron chi connectivity index (χ2n) is 7.80. The summed E-state index contributed by atoms with van der Waals surface area (Å²) < 4.78 is 26.3. The Balaban J connectivity index is 3.42. The van der Waals surface area contributed by atoms with Gasteiger partial charge in [0.1, 0.15) is 18.2 Å². The van der Waals surface area contributed by atoms with E-state index in [9.17, 15) is 24.0 Å². The zero-order valence-electron chi connectivity index (χ0n) is 18.3. The number of hydrogen-bond donors (Lipinski definition) is 0. The van der Waals surface area contributed by atoms with Gasteiger partial charge in [0, 0.05) is 27.7 Å². The van der Waals surface area contributed by atoms with Gasteiger partial charge in [-0.2, -0.15) is 0 Å². The highest BCUT2D eigenvalue weighted by atomic mass is 16.6. The Labute approximate surface area is 174 Å². The maximum Gasteiger partial charge on any atom is 0.410 e. The molecular formula is C19H29NO10.